The summed E-state index contributed by atoms with van der Waals surface area (Å²) in [5.74, 6) is 0.842. The maximum absolute atomic E-state index is 12.0. The minimum absolute atomic E-state index is 0.131. The molecule has 1 aliphatic heterocycles. The van der Waals surface area contributed by atoms with Gasteiger partial charge in [0.1, 0.15) is 0 Å². The van der Waals surface area contributed by atoms with Crippen molar-refractivity contribution < 1.29 is 4.79 Å². The van der Waals surface area contributed by atoms with E-state index in [4.69, 9.17) is 0 Å². The van der Waals surface area contributed by atoms with Crippen LogP contribution in [0.2, 0.25) is 0 Å². The van der Waals surface area contributed by atoms with Crippen molar-refractivity contribution >= 4 is 5.91 Å². The fraction of sp³-hybridized carbons (Fsp3) is 0.474. The Hall–Kier alpha value is -2.14. The van der Waals surface area contributed by atoms with Crippen LogP contribution in [0.1, 0.15) is 31.2 Å². The van der Waals surface area contributed by atoms with Crippen LogP contribution in [-0.2, 0) is 11.2 Å². The van der Waals surface area contributed by atoms with Crippen LogP contribution in [0.3, 0.4) is 0 Å². The summed E-state index contributed by atoms with van der Waals surface area (Å²) in [5, 5.41) is 10.8. The Morgan fingerprint density at radius 2 is 2.21 bits per heavy atom. The maximum Gasteiger partial charge on any atom is 0.220 e. The monoisotopic (exact) mass is 326 g/mol. The van der Waals surface area contributed by atoms with E-state index in [1.165, 1.54) is 12.8 Å². The number of hydrogen-bond acceptors (Lipinski definition) is 3. The number of aryl methyl sites for hydroxylation is 1. The number of para-hydroxylation sites is 1. The summed E-state index contributed by atoms with van der Waals surface area (Å²) in [6.07, 6.45) is 8.69. The van der Waals surface area contributed by atoms with Gasteiger partial charge in [0.2, 0.25) is 5.91 Å². The third kappa shape index (κ3) is 4.93. The molecule has 1 aliphatic rings. The molecule has 2 N–H and O–H groups in total. The average Bonchev–Trinajstić information content (AvgIpc) is 3.11. The molecule has 2 heterocycles. The smallest absolute Gasteiger partial charge is 0.220 e. The highest BCUT2D eigenvalue weighted by Gasteiger charge is 2.13. The Morgan fingerprint density at radius 1 is 1.33 bits per heavy atom. The molecule has 1 saturated heterocycles. The molecule has 0 bridgehead atoms. The number of benzene rings is 1. The Balaban J connectivity index is 1.38. The van der Waals surface area contributed by atoms with Crippen LogP contribution in [0.25, 0.3) is 5.69 Å². The standard InChI is InChI=1S/C19H26N4O/c24-19(21-12-10-16-5-4-11-20-13-16)9-8-17-14-22-23(15-17)18-6-2-1-3-7-18/h1-3,6-7,14-16,20H,4-5,8-13H2,(H,21,24). The Morgan fingerprint density at radius 3 is 3.00 bits per heavy atom. The van der Waals surface area contributed by atoms with Crippen molar-refractivity contribution in [3.8, 4) is 5.69 Å². The topological polar surface area (TPSA) is 59.0 Å². The summed E-state index contributed by atoms with van der Waals surface area (Å²) in [4.78, 5) is 12.0. The Kier molecular flexibility index (Phi) is 6.01. The van der Waals surface area contributed by atoms with E-state index in [0.717, 1.165) is 43.7 Å². The third-order valence-corrected chi connectivity index (χ3v) is 4.57. The minimum atomic E-state index is 0.131. The number of hydrogen-bond donors (Lipinski definition) is 2. The molecule has 5 nitrogen and oxygen atoms in total. The molecular formula is C19H26N4O. The Labute approximate surface area is 143 Å². The average molecular weight is 326 g/mol. The minimum Gasteiger partial charge on any atom is -0.356 e. The van der Waals surface area contributed by atoms with Gasteiger partial charge in [-0.05, 0) is 62.4 Å². The second-order valence-electron chi connectivity index (χ2n) is 6.48. The first-order valence-electron chi connectivity index (χ1n) is 8.87. The molecule has 1 atom stereocenters. The van der Waals surface area contributed by atoms with Gasteiger partial charge >= 0.3 is 0 Å². The predicted molar refractivity (Wildman–Crippen MR) is 95.1 cm³/mol. The van der Waals surface area contributed by atoms with E-state index >= 15 is 0 Å². The zero-order chi connectivity index (χ0) is 16.6. The normalized spacial score (nSPS) is 17.6. The second-order valence-corrected chi connectivity index (χ2v) is 6.48. The summed E-state index contributed by atoms with van der Waals surface area (Å²) in [6, 6.07) is 10.0. The van der Waals surface area contributed by atoms with E-state index < -0.39 is 0 Å². The van der Waals surface area contributed by atoms with Crippen molar-refractivity contribution in [1.82, 2.24) is 20.4 Å². The molecule has 1 fully saturated rings. The third-order valence-electron chi connectivity index (χ3n) is 4.57. The van der Waals surface area contributed by atoms with E-state index in [1.54, 1.807) is 0 Å². The lowest BCUT2D eigenvalue weighted by molar-refractivity contribution is -0.121. The van der Waals surface area contributed by atoms with Gasteiger partial charge in [-0.15, -0.1) is 0 Å². The summed E-state index contributed by atoms with van der Waals surface area (Å²) >= 11 is 0. The number of rotatable bonds is 7. The van der Waals surface area contributed by atoms with Crippen LogP contribution in [0, 0.1) is 5.92 Å². The van der Waals surface area contributed by atoms with Crippen molar-refractivity contribution in [1.29, 1.82) is 0 Å². The summed E-state index contributed by atoms with van der Waals surface area (Å²) < 4.78 is 1.85. The van der Waals surface area contributed by atoms with Gasteiger partial charge in [-0.2, -0.15) is 5.10 Å². The van der Waals surface area contributed by atoms with Crippen LogP contribution in [0.15, 0.2) is 42.7 Å². The van der Waals surface area contributed by atoms with Crippen LogP contribution in [0.4, 0.5) is 0 Å². The summed E-state index contributed by atoms with van der Waals surface area (Å²) in [7, 11) is 0. The van der Waals surface area contributed by atoms with Crippen molar-refractivity contribution in [2.45, 2.75) is 32.1 Å². The number of nitrogens with one attached hydrogen (secondary N) is 2. The highest BCUT2D eigenvalue weighted by molar-refractivity contribution is 5.76. The van der Waals surface area contributed by atoms with E-state index in [2.05, 4.69) is 15.7 Å². The van der Waals surface area contributed by atoms with Crippen molar-refractivity contribution in [3.63, 3.8) is 0 Å². The molecule has 1 unspecified atom stereocenters. The molecule has 0 saturated carbocycles. The number of carbonyl (C=O) groups is 1. The van der Waals surface area contributed by atoms with Crippen LogP contribution < -0.4 is 10.6 Å². The van der Waals surface area contributed by atoms with Crippen LogP contribution in [-0.4, -0.2) is 35.3 Å². The molecule has 1 aromatic carbocycles. The Bertz CT molecular complexity index is 632. The zero-order valence-electron chi connectivity index (χ0n) is 14.1. The molecule has 1 aromatic heterocycles. The van der Waals surface area contributed by atoms with E-state index in [1.807, 2.05) is 47.4 Å². The molecule has 24 heavy (non-hydrogen) atoms. The van der Waals surface area contributed by atoms with Crippen LogP contribution in [0.5, 0.6) is 0 Å². The van der Waals surface area contributed by atoms with Crippen molar-refractivity contribution in [2.75, 3.05) is 19.6 Å². The molecule has 0 spiro atoms. The molecule has 0 aliphatic carbocycles. The van der Waals surface area contributed by atoms with Gasteiger partial charge < -0.3 is 10.6 Å². The largest absolute Gasteiger partial charge is 0.356 e. The number of amides is 1. The lowest BCUT2D eigenvalue weighted by Gasteiger charge is -2.22. The molecule has 0 radical (unpaired) electrons. The number of piperidine rings is 1. The maximum atomic E-state index is 12.0. The van der Waals surface area contributed by atoms with Gasteiger partial charge in [-0.25, -0.2) is 4.68 Å². The summed E-state index contributed by atoms with van der Waals surface area (Å²) in [5.41, 5.74) is 2.12. The molecule has 1 amide bonds. The number of aromatic nitrogens is 2. The van der Waals surface area contributed by atoms with Crippen molar-refractivity contribution in [2.24, 2.45) is 5.92 Å². The number of nitrogens with zero attached hydrogens (tertiary/aromatic N) is 2. The number of carbonyl (C=O) groups excluding carboxylic acids is 1. The molecule has 3 rings (SSSR count). The second kappa shape index (κ2) is 8.64. The van der Waals surface area contributed by atoms with Gasteiger partial charge in [0.05, 0.1) is 11.9 Å². The summed E-state index contributed by atoms with van der Waals surface area (Å²) in [6.45, 7) is 3.02. The fourth-order valence-corrected chi connectivity index (χ4v) is 3.14. The molecule has 2 aromatic rings. The van der Waals surface area contributed by atoms with E-state index in [0.29, 0.717) is 12.3 Å². The van der Waals surface area contributed by atoms with Gasteiger partial charge in [0, 0.05) is 19.2 Å². The van der Waals surface area contributed by atoms with Gasteiger partial charge in [-0.3, -0.25) is 4.79 Å². The first-order chi connectivity index (χ1) is 11.8. The lowest BCUT2D eigenvalue weighted by atomic mass is 9.96. The van der Waals surface area contributed by atoms with Gasteiger partial charge in [-0.1, -0.05) is 18.2 Å². The zero-order valence-corrected chi connectivity index (χ0v) is 14.1. The van der Waals surface area contributed by atoms with Gasteiger partial charge in [0.15, 0.2) is 0 Å². The quantitative estimate of drug-likeness (QED) is 0.821. The predicted octanol–water partition coefficient (Wildman–Crippen LogP) is 2.31. The first kappa shape index (κ1) is 16.7. The van der Waals surface area contributed by atoms with Gasteiger partial charge in [0.25, 0.3) is 0 Å². The molecule has 5 heteroatoms. The van der Waals surface area contributed by atoms with E-state index in [-0.39, 0.29) is 5.91 Å². The molecular weight excluding hydrogens is 300 g/mol. The van der Waals surface area contributed by atoms with E-state index in [9.17, 15) is 4.79 Å². The molecule has 128 valence electrons. The van der Waals surface area contributed by atoms with Crippen molar-refractivity contribution in [3.05, 3.63) is 48.3 Å². The lowest BCUT2D eigenvalue weighted by Crippen LogP contribution is -2.33. The fourth-order valence-electron chi connectivity index (χ4n) is 3.14. The SMILES string of the molecule is O=C(CCc1cnn(-c2ccccc2)c1)NCCC1CCCNC1. The first-order valence-corrected chi connectivity index (χ1v) is 8.87. The highest BCUT2D eigenvalue weighted by Crippen LogP contribution is 2.13. The van der Waals surface area contributed by atoms with Crippen LogP contribution >= 0.6 is 0 Å². The highest BCUT2D eigenvalue weighted by atomic mass is 16.1.